The second-order valence-corrected chi connectivity index (χ2v) is 9.05. The minimum absolute atomic E-state index is 0.112. The molecular weight excluding hydrogens is 464 g/mol. The number of aryl methyl sites for hydroxylation is 1. The maximum Gasteiger partial charge on any atom is 0.322 e. The summed E-state index contributed by atoms with van der Waals surface area (Å²) in [6.45, 7) is 2.60. The van der Waals surface area contributed by atoms with Crippen LogP contribution in [-0.2, 0) is 6.42 Å². The predicted octanol–water partition coefficient (Wildman–Crippen LogP) is 6.02. The highest BCUT2D eigenvalue weighted by molar-refractivity contribution is 9.10. The van der Waals surface area contributed by atoms with Crippen molar-refractivity contribution in [2.45, 2.75) is 19.4 Å². The molecule has 1 aromatic heterocycles. The zero-order valence-corrected chi connectivity index (χ0v) is 19.5. The number of carbonyl (C=O) groups is 1. The summed E-state index contributed by atoms with van der Waals surface area (Å²) >= 11 is 5.12. The molecular formula is C23H23BrN2O3S. The van der Waals surface area contributed by atoms with Gasteiger partial charge in [0.2, 0.25) is 0 Å². The summed E-state index contributed by atoms with van der Waals surface area (Å²) in [6.07, 6.45) is 0.754. The summed E-state index contributed by atoms with van der Waals surface area (Å²) < 4.78 is 12.0. The van der Waals surface area contributed by atoms with Crippen molar-refractivity contribution >= 4 is 39.0 Å². The largest absolute Gasteiger partial charge is 0.493 e. The molecule has 1 atom stereocenters. The number of amides is 2. The Kier molecular flexibility index (Phi) is 6.01. The number of ether oxygens (including phenoxy) is 2. The smallest absolute Gasteiger partial charge is 0.322 e. The Morgan fingerprint density at radius 3 is 2.60 bits per heavy atom. The van der Waals surface area contributed by atoms with Crippen molar-refractivity contribution in [2.24, 2.45) is 0 Å². The number of nitrogens with zero attached hydrogens (tertiary/aromatic N) is 1. The van der Waals surface area contributed by atoms with E-state index in [4.69, 9.17) is 9.47 Å². The molecule has 0 radical (unpaired) electrons. The molecule has 2 aromatic carbocycles. The third-order valence-corrected chi connectivity index (χ3v) is 6.80. The predicted molar refractivity (Wildman–Crippen MR) is 124 cm³/mol. The minimum Gasteiger partial charge on any atom is -0.493 e. The van der Waals surface area contributed by atoms with Crippen molar-refractivity contribution in [3.8, 4) is 11.5 Å². The number of thiophene rings is 1. The number of halogens is 1. The van der Waals surface area contributed by atoms with Gasteiger partial charge in [0.15, 0.2) is 11.5 Å². The first-order chi connectivity index (χ1) is 14.5. The van der Waals surface area contributed by atoms with Crippen LogP contribution in [0.4, 0.5) is 10.5 Å². The van der Waals surface area contributed by atoms with E-state index in [1.807, 2.05) is 53.6 Å². The summed E-state index contributed by atoms with van der Waals surface area (Å²) in [6, 6.07) is 13.7. The number of benzene rings is 2. The molecule has 0 saturated heterocycles. The van der Waals surface area contributed by atoms with Gasteiger partial charge in [0.25, 0.3) is 0 Å². The van der Waals surface area contributed by atoms with Gasteiger partial charge in [-0.15, -0.1) is 11.3 Å². The summed E-state index contributed by atoms with van der Waals surface area (Å²) in [5.74, 6) is 1.38. The van der Waals surface area contributed by atoms with Crippen molar-refractivity contribution in [2.75, 3.05) is 26.1 Å². The summed E-state index contributed by atoms with van der Waals surface area (Å²) in [4.78, 5) is 16.4. The van der Waals surface area contributed by atoms with Gasteiger partial charge in [0, 0.05) is 21.6 Å². The topological polar surface area (TPSA) is 50.8 Å². The monoisotopic (exact) mass is 486 g/mol. The van der Waals surface area contributed by atoms with Crippen LogP contribution in [0.2, 0.25) is 0 Å². The zero-order chi connectivity index (χ0) is 21.3. The second-order valence-electron chi connectivity index (χ2n) is 7.16. The number of hydrogen-bond acceptors (Lipinski definition) is 4. The fourth-order valence-corrected chi connectivity index (χ4v) is 5.20. The Morgan fingerprint density at radius 2 is 1.93 bits per heavy atom. The van der Waals surface area contributed by atoms with Crippen molar-refractivity contribution in [3.05, 3.63) is 73.9 Å². The van der Waals surface area contributed by atoms with Crippen molar-refractivity contribution in [3.63, 3.8) is 0 Å². The quantitative estimate of drug-likeness (QED) is 0.490. The van der Waals surface area contributed by atoms with E-state index < -0.39 is 0 Å². The maximum atomic E-state index is 13.3. The second kappa shape index (κ2) is 8.70. The molecule has 1 aliphatic rings. The Hall–Kier alpha value is -2.51. The molecule has 5 nitrogen and oxygen atoms in total. The average Bonchev–Trinajstić information content (AvgIpc) is 3.28. The number of nitrogens with one attached hydrogen (secondary N) is 1. The molecule has 1 aliphatic heterocycles. The van der Waals surface area contributed by atoms with Crippen LogP contribution in [-0.4, -0.2) is 31.7 Å². The maximum absolute atomic E-state index is 13.3. The molecule has 0 aliphatic carbocycles. The first kappa shape index (κ1) is 20.8. The molecule has 0 saturated carbocycles. The number of fused-ring (bicyclic) bond motifs is 1. The van der Waals surface area contributed by atoms with Crippen LogP contribution < -0.4 is 14.8 Å². The minimum atomic E-state index is -0.177. The SMILES string of the molecule is COc1cc2c(cc1OC)C(c1cccs1)N(C(=O)Nc1ccc(Br)cc1C)CC2. The van der Waals surface area contributed by atoms with E-state index in [0.717, 1.165) is 32.6 Å². The van der Waals surface area contributed by atoms with Gasteiger partial charge >= 0.3 is 6.03 Å². The van der Waals surface area contributed by atoms with E-state index in [2.05, 4.69) is 27.3 Å². The summed E-state index contributed by atoms with van der Waals surface area (Å²) in [5, 5.41) is 5.14. The van der Waals surface area contributed by atoms with Gasteiger partial charge in [-0.05, 0) is 71.8 Å². The highest BCUT2D eigenvalue weighted by Gasteiger charge is 2.34. The Labute approximate surface area is 188 Å². The van der Waals surface area contributed by atoms with Crippen LogP contribution in [0.25, 0.3) is 0 Å². The average molecular weight is 487 g/mol. The lowest BCUT2D eigenvalue weighted by molar-refractivity contribution is 0.194. The molecule has 2 amide bonds. The van der Waals surface area contributed by atoms with E-state index in [-0.39, 0.29) is 12.1 Å². The first-order valence-corrected chi connectivity index (χ1v) is 11.3. The summed E-state index contributed by atoms with van der Waals surface area (Å²) in [7, 11) is 3.28. The van der Waals surface area contributed by atoms with Gasteiger partial charge in [-0.25, -0.2) is 4.79 Å². The van der Waals surface area contributed by atoms with Gasteiger partial charge in [-0.2, -0.15) is 0 Å². The number of hydrogen-bond donors (Lipinski definition) is 1. The fourth-order valence-electron chi connectivity index (χ4n) is 3.87. The zero-order valence-electron chi connectivity index (χ0n) is 17.1. The molecule has 2 heterocycles. The Balaban J connectivity index is 1.72. The molecule has 0 fully saturated rings. The number of anilines is 1. The van der Waals surface area contributed by atoms with E-state index in [1.54, 1.807) is 25.6 Å². The standard InChI is InChI=1S/C23H23BrN2O3S/c1-14-11-16(24)6-7-18(14)25-23(27)26-9-8-15-12-19(28-2)20(29-3)13-17(15)22(26)21-5-4-10-30-21/h4-7,10-13,22H,8-9H2,1-3H3,(H,25,27). The first-order valence-electron chi connectivity index (χ1n) is 9.63. The van der Waals surface area contributed by atoms with Gasteiger partial charge in [0.05, 0.1) is 20.3 Å². The normalized spacial score (nSPS) is 15.5. The molecule has 1 N–H and O–H groups in total. The lowest BCUT2D eigenvalue weighted by atomic mass is 9.91. The third kappa shape index (κ3) is 3.91. The molecule has 0 spiro atoms. The van der Waals surface area contributed by atoms with E-state index >= 15 is 0 Å². The number of carbonyl (C=O) groups excluding carboxylic acids is 1. The van der Waals surface area contributed by atoms with Crippen molar-refractivity contribution in [1.82, 2.24) is 4.90 Å². The highest BCUT2D eigenvalue weighted by Crippen LogP contribution is 2.42. The van der Waals surface area contributed by atoms with Crippen LogP contribution in [0, 0.1) is 6.92 Å². The van der Waals surface area contributed by atoms with Crippen LogP contribution >= 0.6 is 27.3 Å². The Morgan fingerprint density at radius 1 is 1.17 bits per heavy atom. The van der Waals surface area contributed by atoms with E-state index in [1.165, 1.54) is 5.56 Å². The van der Waals surface area contributed by atoms with Crippen LogP contribution in [0.15, 0.2) is 52.3 Å². The van der Waals surface area contributed by atoms with Crippen LogP contribution in [0.1, 0.15) is 27.6 Å². The molecule has 1 unspecified atom stereocenters. The van der Waals surface area contributed by atoms with Gasteiger partial charge in [-0.1, -0.05) is 22.0 Å². The van der Waals surface area contributed by atoms with Crippen molar-refractivity contribution in [1.29, 1.82) is 0 Å². The number of methoxy groups -OCH3 is 2. The van der Waals surface area contributed by atoms with Crippen molar-refractivity contribution < 1.29 is 14.3 Å². The van der Waals surface area contributed by atoms with E-state index in [0.29, 0.717) is 18.0 Å². The van der Waals surface area contributed by atoms with Gasteiger partial charge in [0.1, 0.15) is 0 Å². The molecule has 7 heteroatoms. The number of rotatable bonds is 4. The Bertz CT molecular complexity index is 1070. The lowest BCUT2D eigenvalue weighted by Gasteiger charge is -2.37. The molecule has 3 aromatic rings. The molecule has 156 valence electrons. The molecule has 4 rings (SSSR count). The van der Waals surface area contributed by atoms with Gasteiger partial charge < -0.3 is 19.7 Å². The summed E-state index contributed by atoms with van der Waals surface area (Å²) in [5.41, 5.74) is 4.07. The van der Waals surface area contributed by atoms with Crippen LogP contribution in [0.3, 0.4) is 0 Å². The highest BCUT2D eigenvalue weighted by atomic mass is 79.9. The van der Waals surface area contributed by atoms with Crippen LogP contribution in [0.5, 0.6) is 11.5 Å². The number of urea groups is 1. The van der Waals surface area contributed by atoms with Gasteiger partial charge in [-0.3, -0.25) is 0 Å². The molecule has 30 heavy (non-hydrogen) atoms. The third-order valence-electron chi connectivity index (χ3n) is 5.38. The fraction of sp³-hybridized carbons (Fsp3) is 0.261. The molecule has 0 bridgehead atoms. The lowest BCUT2D eigenvalue weighted by Crippen LogP contribution is -2.42. The van der Waals surface area contributed by atoms with E-state index in [9.17, 15) is 4.79 Å².